The summed E-state index contributed by atoms with van der Waals surface area (Å²) in [5.74, 6) is -1.59. The monoisotopic (exact) mass is 738 g/mol. The summed E-state index contributed by atoms with van der Waals surface area (Å²) in [6, 6.07) is 19.8. The van der Waals surface area contributed by atoms with Crippen LogP contribution in [-0.2, 0) is 51.2 Å². The molecule has 284 valence electrons. The molecule has 12 heteroatoms. The molecule has 54 heavy (non-hydrogen) atoms. The van der Waals surface area contributed by atoms with Crippen LogP contribution in [0, 0.1) is 0 Å². The lowest BCUT2D eigenvalue weighted by molar-refractivity contribution is -0.159. The van der Waals surface area contributed by atoms with Gasteiger partial charge in [-0.3, -0.25) is 23.9 Å². The fourth-order valence-corrected chi connectivity index (χ4v) is 7.09. The Balaban J connectivity index is 0.997. The number of esters is 2. The number of Topliss-reactive ketones (excluding diaryl/α,β-unsaturated/α-hetero) is 2. The van der Waals surface area contributed by atoms with Gasteiger partial charge >= 0.3 is 17.6 Å². The molecule has 1 fully saturated rings. The number of benzene rings is 4. The molecule has 1 aliphatic rings. The first-order chi connectivity index (χ1) is 26.1. The van der Waals surface area contributed by atoms with Crippen LogP contribution in [0.4, 0.5) is 0 Å². The number of aryl methyl sites for hydroxylation is 1. The Morgan fingerprint density at radius 1 is 0.778 bits per heavy atom. The van der Waals surface area contributed by atoms with Crippen molar-refractivity contribution in [3.05, 3.63) is 92.8 Å². The number of hydrogen-bond donors (Lipinski definition) is 1. The first-order valence-corrected chi connectivity index (χ1v) is 18.6. The number of unbranched alkanes of at least 4 members (excludes halogenated alkanes) is 3. The third kappa shape index (κ3) is 9.47. The van der Waals surface area contributed by atoms with E-state index in [1.54, 1.807) is 0 Å². The van der Waals surface area contributed by atoms with Crippen LogP contribution in [0.15, 0.2) is 70.4 Å². The molecule has 0 bridgehead atoms. The number of rotatable bonds is 19. The lowest BCUT2D eigenvalue weighted by atomic mass is 9.90. The van der Waals surface area contributed by atoms with E-state index in [-0.39, 0.29) is 62.4 Å². The third-order valence-electron chi connectivity index (χ3n) is 9.95. The number of aromatic nitrogens is 2. The van der Waals surface area contributed by atoms with Crippen molar-refractivity contribution in [2.45, 2.75) is 103 Å². The molecule has 0 radical (unpaired) electrons. The van der Waals surface area contributed by atoms with E-state index in [9.17, 15) is 28.8 Å². The second-order valence-corrected chi connectivity index (χ2v) is 14.1. The maximum absolute atomic E-state index is 12.9. The van der Waals surface area contributed by atoms with Crippen LogP contribution in [0.2, 0.25) is 0 Å². The van der Waals surface area contributed by atoms with E-state index in [0.717, 1.165) is 32.1 Å². The Labute approximate surface area is 312 Å². The highest BCUT2D eigenvalue weighted by atomic mass is 16.6. The number of hydrogen-bond acceptors (Lipinski definition) is 10. The molecule has 3 unspecified atom stereocenters. The quantitative estimate of drug-likeness (QED) is 0.0584. The smallest absolute Gasteiger partial charge is 0.330 e. The molecule has 1 N–H and O–H groups in total. The van der Waals surface area contributed by atoms with Crippen LogP contribution in [0.5, 0.6) is 0 Å². The van der Waals surface area contributed by atoms with Crippen molar-refractivity contribution in [3.63, 3.8) is 0 Å². The van der Waals surface area contributed by atoms with Gasteiger partial charge in [0.05, 0.1) is 25.0 Å². The van der Waals surface area contributed by atoms with E-state index in [0.29, 0.717) is 6.61 Å². The predicted octanol–water partition coefficient (Wildman–Crippen LogP) is 6.23. The first-order valence-electron chi connectivity index (χ1n) is 18.6. The molecule has 0 aliphatic carbocycles. The number of nitrogens with zero attached hydrogens (tertiary/aromatic N) is 1. The molecule has 1 aromatic heterocycles. The molecule has 0 saturated carbocycles. The largest absolute Gasteiger partial charge is 0.463 e. The molecule has 6 rings (SSSR count). The van der Waals surface area contributed by atoms with Crippen molar-refractivity contribution >= 4 is 55.8 Å². The Morgan fingerprint density at radius 2 is 1.44 bits per heavy atom. The van der Waals surface area contributed by atoms with Gasteiger partial charge in [-0.1, -0.05) is 67.4 Å². The number of ketones is 2. The summed E-state index contributed by atoms with van der Waals surface area (Å²) < 4.78 is 23.9. The zero-order chi connectivity index (χ0) is 38.2. The van der Waals surface area contributed by atoms with Gasteiger partial charge in [0, 0.05) is 32.1 Å². The second-order valence-electron chi connectivity index (χ2n) is 14.1. The first kappa shape index (κ1) is 38.5. The average Bonchev–Trinajstić information content (AvgIpc) is 3.55. The number of carbonyl (C=O) groups excluding carboxylic acids is 4. The summed E-state index contributed by atoms with van der Waals surface area (Å²) in [5.41, 5.74) is 0.276. The van der Waals surface area contributed by atoms with Gasteiger partial charge in [-0.05, 0) is 71.0 Å². The summed E-state index contributed by atoms with van der Waals surface area (Å²) in [4.78, 5) is 75.1. The summed E-state index contributed by atoms with van der Waals surface area (Å²) in [7, 11) is 0. The van der Waals surface area contributed by atoms with Crippen LogP contribution < -0.4 is 11.2 Å². The van der Waals surface area contributed by atoms with Crippen molar-refractivity contribution in [3.8, 4) is 0 Å². The number of aromatic amines is 1. The summed E-state index contributed by atoms with van der Waals surface area (Å²) in [6.45, 7) is 2.86. The van der Waals surface area contributed by atoms with Crippen molar-refractivity contribution in [2.24, 2.45) is 0 Å². The van der Waals surface area contributed by atoms with E-state index < -0.39 is 41.6 Å². The summed E-state index contributed by atoms with van der Waals surface area (Å²) >= 11 is 0. The minimum Gasteiger partial charge on any atom is -0.463 e. The number of carbonyl (C=O) groups is 4. The minimum absolute atomic E-state index is 0.00567. The van der Waals surface area contributed by atoms with Crippen molar-refractivity contribution in [1.82, 2.24) is 9.55 Å². The Bertz CT molecular complexity index is 2240. The van der Waals surface area contributed by atoms with E-state index in [1.807, 2.05) is 0 Å². The number of H-pyrrole nitrogens is 1. The van der Waals surface area contributed by atoms with E-state index in [2.05, 4.69) is 59.6 Å². The van der Waals surface area contributed by atoms with Crippen LogP contribution in [0.25, 0.3) is 32.3 Å². The Kier molecular flexibility index (Phi) is 12.7. The van der Waals surface area contributed by atoms with Crippen LogP contribution >= 0.6 is 0 Å². The van der Waals surface area contributed by atoms with Crippen LogP contribution in [0.1, 0.15) is 89.0 Å². The topological polar surface area (TPSA) is 160 Å². The fraction of sp³-hybridized carbons (Fsp3) is 0.429. The van der Waals surface area contributed by atoms with Crippen molar-refractivity contribution < 1.29 is 38.1 Å². The van der Waals surface area contributed by atoms with Gasteiger partial charge in [0.25, 0.3) is 5.56 Å². The van der Waals surface area contributed by atoms with Gasteiger partial charge in [0.1, 0.15) is 36.6 Å². The average molecular weight is 739 g/mol. The van der Waals surface area contributed by atoms with Gasteiger partial charge < -0.3 is 28.5 Å². The van der Waals surface area contributed by atoms with E-state index in [1.165, 1.54) is 62.5 Å². The SMILES string of the molecule is CC(=O)CCC(=O)OCC1OC(n2cc(COCCCCCCc3ccc4ccc5cccc6ccc3c4c56)c(=O)[nH]c2=O)CC1OC(=O)CCC(C)=O. The molecule has 1 saturated heterocycles. The molecular formula is C42H46N2O10. The van der Waals surface area contributed by atoms with Crippen LogP contribution in [-0.4, -0.2) is 58.5 Å². The zero-order valence-corrected chi connectivity index (χ0v) is 30.7. The number of nitrogens with one attached hydrogen (secondary N) is 1. The highest BCUT2D eigenvalue weighted by Gasteiger charge is 2.40. The van der Waals surface area contributed by atoms with Crippen LogP contribution in [0.3, 0.4) is 0 Å². The normalized spacial score (nSPS) is 17.0. The standard InChI is InChI=1S/C42H46N2O10/c1-26(45)11-19-37(47)52-25-35-34(54-38(48)20-12-27(2)46)22-36(53-35)44-23-32(41(49)43-42(44)50)24-51-21-6-4-3-5-8-28-13-14-31-16-15-29-9-7-10-30-17-18-33(28)40(31)39(29)30/h7,9-10,13-18,23,34-36H,3-6,8,11-12,19-22,24-25H2,1-2H3,(H,43,49,50). The fourth-order valence-electron chi connectivity index (χ4n) is 7.09. The van der Waals surface area contributed by atoms with Crippen molar-refractivity contribution in [2.75, 3.05) is 13.2 Å². The maximum Gasteiger partial charge on any atom is 0.330 e. The summed E-state index contributed by atoms with van der Waals surface area (Å²) in [6.07, 6.45) is 3.24. The van der Waals surface area contributed by atoms with Gasteiger partial charge in [0.15, 0.2) is 0 Å². The van der Waals surface area contributed by atoms with Gasteiger partial charge in [0.2, 0.25) is 0 Å². The molecular weight excluding hydrogens is 692 g/mol. The maximum atomic E-state index is 12.9. The molecule has 5 aromatic rings. The molecule has 1 aliphatic heterocycles. The highest BCUT2D eigenvalue weighted by Crippen LogP contribution is 2.36. The summed E-state index contributed by atoms with van der Waals surface area (Å²) in [5, 5.41) is 7.76. The van der Waals surface area contributed by atoms with Crippen molar-refractivity contribution in [1.29, 1.82) is 0 Å². The molecule has 4 aromatic carbocycles. The van der Waals surface area contributed by atoms with Gasteiger partial charge in [-0.2, -0.15) is 0 Å². The van der Waals surface area contributed by atoms with Gasteiger partial charge in [-0.25, -0.2) is 4.79 Å². The Hall–Kier alpha value is -5.20. The molecule has 12 nitrogen and oxygen atoms in total. The van der Waals surface area contributed by atoms with Gasteiger partial charge in [-0.15, -0.1) is 0 Å². The molecule has 3 atom stereocenters. The molecule has 2 heterocycles. The molecule has 0 spiro atoms. The minimum atomic E-state index is -0.951. The molecule has 0 amide bonds. The predicted molar refractivity (Wildman–Crippen MR) is 202 cm³/mol. The highest BCUT2D eigenvalue weighted by molar-refractivity contribution is 6.23. The van der Waals surface area contributed by atoms with E-state index in [4.69, 9.17) is 18.9 Å². The van der Waals surface area contributed by atoms with E-state index >= 15 is 0 Å². The second kappa shape index (κ2) is 17.7. The number of ether oxygens (including phenoxy) is 4. The third-order valence-corrected chi connectivity index (χ3v) is 9.95. The lowest BCUT2D eigenvalue weighted by Gasteiger charge is -2.19. The Morgan fingerprint density at radius 3 is 2.19 bits per heavy atom. The zero-order valence-electron chi connectivity index (χ0n) is 30.7. The lowest BCUT2D eigenvalue weighted by Crippen LogP contribution is -2.34.